The molecule has 0 unspecified atom stereocenters. The lowest BCUT2D eigenvalue weighted by molar-refractivity contribution is -0.0921. The van der Waals surface area contributed by atoms with Crippen molar-refractivity contribution < 1.29 is 4.74 Å². The smallest absolute Gasteiger partial charge is 0.154 e. The van der Waals surface area contributed by atoms with Crippen LogP contribution in [0.25, 0.3) is 0 Å². The van der Waals surface area contributed by atoms with Crippen LogP contribution in [0.15, 0.2) is 6.20 Å². The Morgan fingerprint density at radius 3 is 2.63 bits per heavy atom. The Morgan fingerprint density at radius 2 is 1.95 bits per heavy atom. The molecule has 2 aliphatic rings. The van der Waals surface area contributed by atoms with Crippen molar-refractivity contribution in [1.82, 2.24) is 10.2 Å². The summed E-state index contributed by atoms with van der Waals surface area (Å²) < 4.78 is 6.08. The third kappa shape index (κ3) is 2.46. The molecule has 1 aromatic heterocycles. The minimum atomic E-state index is 0.167. The number of piperidine rings is 1. The van der Waals surface area contributed by atoms with Gasteiger partial charge in [-0.2, -0.15) is 5.10 Å². The molecular weight excluding hydrogens is 238 g/mol. The maximum atomic E-state index is 6.08. The summed E-state index contributed by atoms with van der Waals surface area (Å²) in [6, 6.07) is 0. The van der Waals surface area contributed by atoms with E-state index in [9.17, 15) is 0 Å². The molecule has 0 N–H and O–H groups in total. The van der Waals surface area contributed by atoms with Crippen LogP contribution in [0.5, 0.6) is 0 Å². The van der Waals surface area contributed by atoms with Crippen LogP contribution in [-0.2, 0) is 4.74 Å². The molecule has 2 saturated heterocycles. The Labute approximate surface area is 115 Å². The summed E-state index contributed by atoms with van der Waals surface area (Å²) in [6.07, 6.45) is 7.88. The van der Waals surface area contributed by atoms with Gasteiger partial charge < -0.3 is 9.64 Å². The number of nitrogens with zero attached hydrogens (tertiary/aromatic N) is 3. The molecule has 2 fully saturated rings. The molecule has 1 aromatic rings. The maximum absolute atomic E-state index is 6.08. The third-order valence-corrected chi connectivity index (χ3v) is 4.74. The zero-order valence-electron chi connectivity index (χ0n) is 12.0. The highest BCUT2D eigenvalue weighted by molar-refractivity contribution is 5.48. The van der Waals surface area contributed by atoms with Gasteiger partial charge in [-0.25, -0.2) is 0 Å². The van der Waals surface area contributed by atoms with Gasteiger partial charge in [-0.05, 0) is 57.1 Å². The predicted molar refractivity (Wildman–Crippen MR) is 75.5 cm³/mol. The Hall–Kier alpha value is -1.16. The number of ether oxygens (including phenoxy) is 1. The maximum Gasteiger partial charge on any atom is 0.154 e. The van der Waals surface area contributed by atoms with Gasteiger partial charge in [0.05, 0.1) is 11.8 Å². The average Bonchev–Trinajstić information content (AvgIpc) is 2.44. The van der Waals surface area contributed by atoms with Gasteiger partial charge >= 0.3 is 0 Å². The Bertz CT molecular complexity index is 445. The molecule has 0 radical (unpaired) electrons. The van der Waals surface area contributed by atoms with Crippen LogP contribution in [0.2, 0.25) is 0 Å². The van der Waals surface area contributed by atoms with Gasteiger partial charge in [-0.15, -0.1) is 5.10 Å². The molecule has 19 heavy (non-hydrogen) atoms. The van der Waals surface area contributed by atoms with Crippen LogP contribution in [0.3, 0.4) is 0 Å². The van der Waals surface area contributed by atoms with Crippen LogP contribution < -0.4 is 4.90 Å². The van der Waals surface area contributed by atoms with E-state index in [1.54, 1.807) is 0 Å². The van der Waals surface area contributed by atoms with Gasteiger partial charge in [0.2, 0.25) is 0 Å². The van der Waals surface area contributed by atoms with E-state index in [-0.39, 0.29) is 5.60 Å². The molecule has 0 aromatic carbocycles. The van der Waals surface area contributed by atoms with Crippen molar-refractivity contribution in [2.75, 3.05) is 24.6 Å². The second-order valence-electron chi connectivity index (χ2n) is 5.95. The first-order valence-corrected chi connectivity index (χ1v) is 7.38. The van der Waals surface area contributed by atoms with Gasteiger partial charge in [0.25, 0.3) is 0 Å². The number of rotatable bonds is 1. The normalized spacial score (nSPS) is 22.7. The van der Waals surface area contributed by atoms with Crippen molar-refractivity contribution in [2.24, 2.45) is 0 Å². The summed E-state index contributed by atoms with van der Waals surface area (Å²) in [5.41, 5.74) is 2.65. The van der Waals surface area contributed by atoms with E-state index in [0.717, 1.165) is 38.4 Å². The molecule has 3 heterocycles. The number of aromatic nitrogens is 2. The van der Waals surface area contributed by atoms with E-state index >= 15 is 0 Å². The van der Waals surface area contributed by atoms with Crippen LogP contribution in [-0.4, -0.2) is 35.5 Å². The zero-order valence-corrected chi connectivity index (χ0v) is 12.0. The first-order valence-electron chi connectivity index (χ1n) is 7.38. The largest absolute Gasteiger partial charge is 0.375 e. The van der Waals surface area contributed by atoms with Gasteiger partial charge in [-0.3, -0.25) is 0 Å². The van der Waals surface area contributed by atoms with Crippen LogP contribution in [0.1, 0.15) is 43.2 Å². The molecule has 104 valence electrons. The highest BCUT2D eigenvalue weighted by atomic mass is 16.5. The molecule has 0 aliphatic carbocycles. The van der Waals surface area contributed by atoms with Crippen molar-refractivity contribution in [3.8, 4) is 0 Å². The monoisotopic (exact) mass is 261 g/mol. The van der Waals surface area contributed by atoms with E-state index in [1.165, 1.54) is 30.4 Å². The van der Waals surface area contributed by atoms with Crippen molar-refractivity contribution in [3.05, 3.63) is 17.3 Å². The first kappa shape index (κ1) is 12.9. The first-order chi connectivity index (χ1) is 9.20. The molecule has 2 aliphatic heterocycles. The fraction of sp³-hybridized carbons (Fsp3) is 0.733. The lowest BCUT2D eigenvalue weighted by Gasteiger charge is -2.44. The summed E-state index contributed by atoms with van der Waals surface area (Å²) >= 11 is 0. The lowest BCUT2D eigenvalue weighted by Crippen LogP contribution is -2.48. The lowest BCUT2D eigenvalue weighted by atomic mass is 9.84. The van der Waals surface area contributed by atoms with Crippen LogP contribution in [0.4, 0.5) is 5.82 Å². The summed E-state index contributed by atoms with van der Waals surface area (Å²) in [5.74, 6) is 1.06. The molecule has 0 bridgehead atoms. The summed E-state index contributed by atoms with van der Waals surface area (Å²) in [5, 5.41) is 8.43. The number of hydrogen-bond donors (Lipinski definition) is 0. The molecule has 0 saturated carbocycles. The number of hydrogen-bond acceptors (Lipinski definition) is 4. The molecule has 3 rings (SSSR count). The fourth-order valence-electron chi connectivity index (χ4n) is 3.25. The average molecular weight is 261 g/mol. The van der Waals surface area contributed by atoms with Gasteiger partial charge in [0, 0.05) is 19.7 Å². The van der Waals surface area contributed by atoms with E-state index < -0.39 is 0 Å². The van der Waals surface area contributed by atoms with Crippen molar-refractivity contribution >= 4 is 5.82 Å². The Balaban J connectivity index is 1.71. The number of anilines is 1. The molecule has 0 atom stereocenters. The molecule has 4 heteroatoms. The zero-order chi connectivity index (χ0) is 13.3. The van der Waals surface area contributed by atoms with Crippen LogP contribution >= 0.6 is 0 Å². The van der Waals surface area contributed by atoms with E-state index in [2.05, 4.69) is 28.9 Å². The van der Waals surface area contributed by atoms with Gasteiger partial charge in [-0.1, -0.05) is 0 Å². The quantitative estimate of drug-likeness (QED) is 0.779. The molecule has 0 amide bonds. The highest BCUT2D eigenvalue weighted by Crippen LogP contribution is 2.36. The molecule has 1 spiro atoms. The molecule has 4 nitrogen and oxygen atoms in total. The molecular formula is C15H23N3O. The highest BCUT2D eigenvalue weighted by Gasteiger charge is 2.37. The standard InChI is InChI=1S/C15H23N3O/c1-12-11-16-17-14(13(12)2)18-8-6-15(7-9-18)5-3-4-10-19-15/h11H,3-10H2,1-2H3. The third-order valence-electron chi connectivity index (χ3n) is 4.74. The van der Waals surface area contributed by atoms with E-state index in [0.29, 0.717) is 0 Å². The Kier molecular flexibility index (Phi) is 3.44. The summed E-state index contributed by atoms with van der Waals surface area (Å²) in [6.45, 7) is 7.27. The predicted octanol–water partition coefficient (Wildman–Crippen LogP) is 2.63. The van der Waals surface area contributed by atoms with Crippen LogP contribution in [0, 0.1) is 13.8 Å². The number of aryl methyl sites for hydroxylation is 1. The van der Waals surface area contributed by atoms with E-state index in [1.807, 2.05) is 6.20 Å². The Morgan fingerprint density at radius 1 is 1.16 bits per heavy atom. The van der Waals surface area contributed by atoms with Crippen molar-refractivity contribution in [1.29, 1.82) is 0 Å². The van der Waals surface area contributed by atoms with Gasteiger partial charge in [0.1, 0.15) is 0 Å². The van der Waals surface area contributed by atoms with Crippen molar-refractivity contribution in [2.45, 2.75) is 51.6 Å². The minimum Gasteiger partial charge on any atom is -0.375 e. The second kappa shape index (κ2) is 5.08. The second-order valence-corrected chi connectivity index (χ2v) is 5.95. The van der Waals surface area contributed by atoms with E-state index in [4.69, 9.17) is 4.74 Å². The van der Waals surface area contributed by atoms with Gasteiger partial charge in [0.15, 0.2) is 5.82 Å². The SMILES string of the molecule is Cc1cnnc(N2CCC3(CCCCO3)CC2)c1C. The van der Waals surface area contributed by atoms with Crippen molar-refractivity contribution in [3.63, 3.8) is 0 Å². The minimum absolute atomic E-state index is 0.167. The fourth-order valence-corrected chi connectivity index (χ4v) is 3.25. The summed E-state index contributed by atoms with van der Waals surface area (Å²) in [4.78, 5) is 2.37. The summed E-state index contributed by atoms with van der Waals surface area (Å²) in [7, 11) is 0. The topological polar surface area (TPSA) is 38.2 Å².